The van der Waals surface area contributed by atoms with Crippen LogP contribution in [0.2, 0.25) is 0 Å². The number of rotatable bonds is 2. The summed E-state index contributed by atoms with van der Waals surface area (Å²) in [5.41, 5.74) is 0. The second-order valence-corrected chi connectivity index (χ2v) is 6.34. The molecule has 3 heteroatoms. The van der Waals surface area contributed by atoms with Gasteiger partial charge in [-0.05, 0) is 75.5 Å². The molecule has 15 heavy (non-hydrogen) atoms. The first-order valence-electron chi connectivity index (χ1n) is 4.35. The topological polar surface area (TPSA) is 0 Å². The lowest BCUT2D eigenvalue weighted by atomic mass is 10.4. The minimum absolute atomic E-state index is 1.16. The van der Waals surface area contributed by atoms with Gasteiger partial charge in [-0.25, -0.2) is 0 Å². The summed E-state index contributed by atoms with van der Waals surface area (Å²) in [4.78, 5) is 2.43. The first-order chi connectivity index (χ1) is 7.25. The van der Waals surface area contributed by atoms with Crippen molar-refractivity contribution in [1.29, 1.82) is 0 Å². The van der Waals surface area contributed by atoms with Crippen molar-refractivity contribution in [1.82, 2.24) is 0 Å². The van der Waals surface area contributed by atoms with E-state index in [2.05, 4.69) is 75.5 Å². The van der Waals surface area contributed by atoms with Gasteiger partial charge in [0.15, 0.2) is 0 Å². The van der Waals surface area contributed by atoms with Crippen LogP contribution >= 0.6 is 56.9 Å². The van der Waals surface area contributed by atoms with Crippen molar-refractivity contribution in [2.24, 2.45) is 0 Å². The van der Waals surface area contributed by atoms with Gasteiger partial charge in [-0.15, -0.1) is 0 Å². The molecule has 0 aliphatic rings. The minimum atomic E-state index is 1.16. The molecule has 2 rings (SSSR count). The van der Waals surface area contributed by atoms with Crippen LogP contribution in [0, 0.1) is 13.2 Å². The molecule has 0 heterocycles. The van der Waals surface area contributed by atoms with E-state index in [0.29, 0.717) is 0 Å². The van der Waals surface area contributed by atoms with Crippen molar-refractivity contribution in [2.75, 3.05) is 0 Å². The van der Waals surface area contributed by atoms with E-state index in [9.17, 15) is 0 Å². The molecule has 0 bridgehead atoms. The molecule has 0 spiro atoms. The second-order valence-electron chi connectivity index (χ2n) is 2.90. The van der Waals surface area contributed by atoms with E-state index >= 15 is 0 Å². The Labute approximate surface area is 121 Å². The summed E-state index contributed by atoms with van der Waals surface area (Å²) in [6.45, 7) is 0. The monoisotopic (exact) mass is 437 g/mol. The highest BCUT2D eigenvalue weighted by Gasteiger charge is 2.00. The average Bonchev–Trinajstić information content (AvgIpc) is 2.25. The van der Waals surface area contributed by atoms with E-state index in [1.807, 2.05) is 18.2 Å². The predicted octanol–water partition coefficient (Wildman–Crippen LogP) is 4.85. The molecule has 2 aromatic carbocycles. The standard InChI is InChI=1S/C12H7I2S/c13-11-7-6-10(8-12(11)14)15-9-4-2-1-3-5-9/h1-4,6-8H. The molecule has 0 saturated heterocycles. The third-order valence-electron chi connectivity index (χ3n) is 1.80. The van der Waals surface area contributed by atoms with Crippen LogP contribution in [0.4, 0.5) is 0 Å². The van der Waals surface area contributed by atoms with E-state index in [1.165, 1.54) is 12.0 Å². The zero-order valence-electron chi connectivity index (χ0n) is 7.71. The summed E-state index contributed by atoms with van der Waals surface area (Å²) in [5, 5.41) is 0. The fraction of sp³-hybridized carbons (Fsp3) is 0. The van der Waals surface area contributed by atoms with Crippen LogP contribution in [-0.2, 0) is 0 Å². The lowest BCUT2D eigenvalue weighted by Gasteiger charge is -2.02. The number of hydrogen-bond acceptors (Lipinski definition) is 1. The van der Waals surface area contributed by atoms with Gasteiger partial charge in [-0.3, -0.25) is 0 Å². The number of halogens is 2. The van der Waals surface area contributed by atoms with Crippen molar-refractivity contribution >= 4 is 56.9 Å². The summed E-state index contributed by atoms with van der Waals surface area (Å²) in [6.07, 6.45) is 0. The summed E-state index contributed by atoms with van der Waals surface area (Å²) < 4.78 is 2.60. The Bertz CT molecular complexity index is 454. The van der Waals surface area contributed by atoms with Crippen LogP contribution in [0.15, 0.2) is 52.3 Å². The third-order valence-corrected chi connectivity index (χ3v) is 5.63. The average molecular weight is 437 g/mol. The van der Waals surface area contributed by atoms with Crippen molar-refractivity contribution in [3.05, 3.63) is 55.7 Å². The maximum absolute atomic E-state index is 3.21. The van der Waals surface area contributed by atoms with Crippen LogP contribution in [-0.4, -0.2) is 0 Å². The van der Waals surface area contributed by atoms with Gasteiger partial charge in [0.1, 0.15) is 0 Å². The Morgan fingerprint density at radius 2 is 1.87 bits per heavy atom. The largest absolute Gasteiger partial charge is 0.0894 e. The lowest BCUT2D eigenvalue weighted by Crippen LogP contribution is -1.80. The van der Waals surface area contributed by atoms with Crippen LogP contribution in [0.5, 0.6) is 0 Å². The maximum Gasteiger partial charge on any atom is 0.0275 e. The van der Waals surface area contributed by atoms with Crippen molar-refractivity contribution in [2.45, 2.75) is 9.79 Å². The lowest BCUT2D eigenvalue weighted by molar-refractivity contribution is 1.37. The Morgan fingerprint density at radius 3 is 2.53 bits per heavy atom. The fourth-order valence-electron chi connectivity index (χ4n) is 1.11. The molecular weight excluding hydrogens is 430 g/mol. The van der Waals surface area contributed by atoms with Crippen LogP contribution in [0.3, 0.4) is 0 Å². The first-order valence-corrected chi connectivity index (χ1v) is 7.33. The van der Waals surface area contributed by atoms with E-state index in [4.69, 9.17) is 0 Å². The molecule has 0 aliphatic heterocycles. The Kier molecular flexibility index (Phi) is 4.33. The highest BCUT2D eigenvalue weighted by molar-refractivity contribution is 14.1. The summed E-state index contributed by atoms with van der Waals surface area (Å²) in [6, 6.07) is 17.8. The Hall–Kier alpha value is 0.250. The molecule has 0 aliphatic carbocycles. The van der Waals surface area contributed by atoms with E-state index < -0.39 is 0 Å². The van der Waals surface area contributed by atoms with E-state index in [-0.39, 0.29) is 0 Å². The Balaban J connectivity index is 2.22. The molecule has 0 fully saturated rings. The quantitative estimate of drug-likeness (QED) is 0.606. The van der Waals surface area contributed by atoms with Gasteiger partial charge in [-0.1, -0.05) is 30.0 Å². The fourth-order valence-corrected chi connectivity index (χ4v) is 3.01. The predicted molar refractivity (Wildman–Crippen MR) is 81.3 cm³/mol. The van der Waals surface area contributed by atoms with Crippen molar-refractivity contribution in [3.8, 4) is 0 Å². The zero-order chi connectivity index (χ0) is 10.7. The van der Waals surface area contributed by atoms with Crippen LogP contribution in [0.1, 0.15) is 0 Å². The summed E-state index contributed by atoms with van der Waals surface area (Å²) >= 11 is 6.46. The third kappa shape index (κ3) is 3.35. The molecule has 0 N–H and O–H groups in total. The van der Waals surface area contributed by atoms with E-state index in [1.54, 1.807) is 11.8 Å². The molecule has 0 saturated carbocycles. The minimum Gasteiger partial charge on any atom is -0.0894 e. The zero-order valence-corrected chi connectivity index (χ0v) is 12.8. The van der Waals surface area contributed by atoms with Gasteiger partial charge in [-0.2, -0.15) is 0 Å². The number of benzene rings is 2. The highest BCUT2D eigenvalue weighted by Crippen LogP contribution is 2.29. The van der Waals surface area contributed by atoms with Crippen LogP contribution in [0.25, 0.3) is 0 Å². The number of hydrogen-bond donors (Lipinski definition) is 0. The van der Waals surface area contributed by atoms with Crippen molar-refractivity contribution < 1.29 is 0 Å². The second kappa shape index (κ2) is 5.54. The highest BCUT2D eigenvalue weighted by atomic mass is 127. The van der Waals surface area contributed by atoms with E-state index in [0.717, 1.165) is 4.90 Å². The SMILES string of the molecule is Ic1ccc(Sc2[c]cccc2)cc1I. The molecule has 1 radical (unpaired) electrons. The van der Waals surface area contributed by atoms with Gasteiger partial charge in [0.25, 0.3) is 0 Å². The van der Waals surface area contributed by atoms with Crippen molar-refractivity contribution in [3.63, 3.8) is 0 Å². The maximum atomic E-state index is 3.21. The summed E-state index contributed by atoms with van der Waals surface area (Å²) in [5.74, 6) is 0. The van der Waals surface area contributed by atoms with Gasteiger partial charge >= 0.3 is 0 Å². The molecule has 0 unspecified atom stereocenters. The molecular formula is C12H7I2S. The van der Waals surface area contributed by atoms with Gasteiger partial charge in [0, 0.05) is 16.9 Å². The first kappa shape index (κ1) is 11.7. The molecule has 0 aromatic heterocycles. The van der Waals surface area contributed by atoms with Gasteiger partial charge in [0.05, 0.1) is 0 Å². The van der Waals surface area contributed by atoms with Gasteiger partial charge in [0.2, 0.25) is 0 Å². The van der Waals surface area contributed by atoms with Crippen LogP contribution < -0.4 is 0 Å². The van der Waals surface area contributed by atoms with Gasteiger partial charge < -0.3 is 0 Å². The summed E-state index contributed by atoms with van der Waals surface area (Å²) in [7, 11) is 0. The molecule has 0 atom stereocenters. The smallest absolute Gasteiger partial charge is 0.0275 e. The Morgan fingerprint density at radius 1 is 1.00 bits per heavy atom. The molecule has 75 valence electrons. The molecule has 0 amide bonds. The molecule has 2 aromatic rings. The normalized spacial score (nSPS) is 10.3. The molecule has 0 nitrogen and oxygen atoms in total.